The van der Waals surface area contributed by atoms with E-state index < -0.39 is 9.84 Å². The third-order valence-corrected chi connectivity index (χ3v) is 4.18. The van der Waals surface area contributed by atoms with Crippen molar-refractivity contribution in [3.63, 3.8) is 0 Å². The van der Waals surface area contributed by atoms with Gasteiger partial charge in [-0.3, -0.25) is 4.99 Å². The average molecular weight is 236 g/mol. The molecule has 0 aromatic carbocycles. The van der Waals surface area contributed by atoms with Gasteiger partial charge in [-0.25, -0.2) is 8.42 Å². The van der Waals surface area contributed by atoms with Crippen molar-refractivity contribution in [1.29, 1.82) is 0 Å². The maximum atomic E-state index is 10.8. The Morgan fingerprint density at radius 1 is 1.64 bits per heavy atom. The summed E-state index contributed by atoms with van der Waals surface area (Å²) in [5, 5.41) is 4.49. The first-order chi connectivity index (χ1) is 6.51. The van der Waals surface area contributed by atoms with Crippen LogP contribution in [0.4, 0.5) is 0 Å². The predicted octanol–water partition coefficient (Wildman–Crippen LogP) is 0.502. The number of aliphatic imine (C=N–C) groups is 1. The fraction of sp³-hybridized carbons (Fsp3) is 0.875. The summed E-state index contributed by atoms with van der Waals surface area (Å²) in [4.78, 5) is 4.28. The third-order valence-electron chi connectivity index (χ3n) is 1.92. The van der Waals surface area contributed by atoms with E-state index >= 15 is 0 Å². The van der Waals surface area contributed by atoms with Gasteiger partial charge < -0.3 is 5.32 Å². The molecule has 0 bridgehead atoms. The van der Waals surface area contributed by atoms with Gasteiger partial charge in [-0.2, -0.15) is 0 Å². The van der Waals surface area contributed by atoms with E-state index in [4.69, 9.17) is 0 Å². The molecule has 1 aliphatic rings. The van der Waals surface area contributed by atoms with Crippen LogP contribution >= 0.6 is 11.8 Å². The van der Waals surface area contributed by atoms with Gasteiger partial charge in [0.15, 0.2) is 5.17 Å². The van der Waals surface area contributed by atoms with Crippen LogP contribution in [-0.2, 0) is 9.84 Å². The van der Waals surface area contributed by atoms with E-state index in [-0.39, 0.29) is 5.75 Å². The summed E-state index contributed by atoms with van der Waals surface area (Å²) in [7, 11) is -2.86. The zero-order chi connectivity index (χ0) is 10.6. The standard InChI is InChI=1S/C8H16N2O2S2/c1-3-7-6-10-8(13-7)9-4-5-14(2,11)12/h7H,3-6H2,1-2H3,(H,9,10). The largest absolute Gasteiger partial charge is 0.364 e. The van der Waals surface area contributed by atoms with Gasteiger partial charge in [-0.15, -0.1) is 0 Å². The molecule has 1 atom stereocenters. The topological polar surface area (TPSA) is 58.5 Å². The molecule has 14 heavy (non-hydrogen) atoms. The van der Waals surface area contributed by atoms with E-state index in [9.17, 15) is 8.42 Å². The lowest BCUT2D eigenvalue weighted by Gasteiger charge is -2.05. The minimum Gasteiger partial charge on any atom is -0.364 e. The quantitative estimate of drug-likeness (QED) is 0.772. The number of nitrogens with one attached hydrogen (secondary N) is 1. The Balaban J connectivity index is 2.21. The Morgan fingerprint density at radius 2 is 2.36 bits per heavy atom. The Bertz CT molecular complexity index is 311. The smallest absolute Gasteiger partial charge is 0.156 e. The molecule has 1 unspecified atom stereocenters. The monoisotopic (exact) mass is 236 g/mol. The fourth-order valence-corrected chi connectivity index (χ4v) is 2.51. The second kappa shape index (κ2) is 5.02. The molecule has 1 rings (SSSR count). The molecule has 0 saturated heterocycles. The minimum absolute atomic E-state index is 0.170. The summed E-state index contributed by atoms with van der Waals surface area (Å²) in [5.74, 6) is 0.170. The van der Waals surface area contributed by atoms with Crippen LogP contribution in [0.5, 0.6) is 0 Å². The summed E-state index contributed by atoms with van der Waals surface area (Å²) >= 11 is 1.71. The maximum absolute atomic E-state index is 10.8. The summed E-state index contributed by atoms with van der Waals surface area (Å²) < 4.78 is 21.7. The van der Waals surface area contributed by atoms with Gasteiger partial charge in [-0.1, -0.05) is 18.7 Å². The lowest BCUT2D eigenvalue weighted by atomic mass is 10.3. The van der Waals surface area contributed by atoms with Crippen LogP contribution < -0.4 is 5.32 Å². The summed E-state index contributed by atoms with van der Waals surface area (Å²) in [6, 6.07) is 0. The van der Waals surface area contributed by atoms with Crippen LogP contribution in [0.2, 0.25) is 0 Å². The Labute approximate surface area is 89.5 Å². The van der Waals surface area contributed by atoms with E-state index in [0.29, 0.717) is 11.8 Å². The van der Waals surface area contributed by atoms with E-state index in [1.807, 2.05) is 0 Å². The van der Waals surface area contributed by atoms with Gasteiger partial charge in [0.25, 0.3) is 0 Å². The van der Waals surface area contributed by atoms with E-state index in [2.05, 4.69) is 17.2 Å². The number of nitrogens with zero attached hydrogens (tertiary/aromatic N) is 1. The number of hydrogen-bond acceptors (Lipinski definition) is 5. The molecule has 0 aromatic rings. The zero-order valence-corrected chi connectivity index (χ0v) is 10.1. The molecule has 0 amide bonds. The number of sulfone groups is 1. The molecule has 1 aliphatic heterocycles. The fourth-order valence-electron chi connectivity index (χ4n) is 1.07. The highest BCUT2D eigenvalue weighted by Gasteiger charge is 2.17. The molecule has 82 valence electrons. The van der Waals surface area contributed by atoms with Gasteiger partial charge in [0.05, 0.1) is 12.3 Å². The Kier molecular flexibility index (Phi) is 4.25. The summed E-state index contributed by atoms with van der Waals surface area (Å²) in [6.45, 7) is 3.44. The molecule has 1 N–H and O–H groups in total. The van der Waals surface area contributed by atoms with Gasteiger partial charge >= 0.3 is 0 Å². The highest BCUT2D eigenvalue weighted by Crippen LogP contribution is 2.21. The van der Waals surface area contributed by atoms with Crippen LogP contribution in [0.25, 0.3) is 0 Å². The summed E-state index contributed by atoms with van der Waals surface area (Å²) in [5.41, 5.74) is 0. The first-order valence-electron chi connectivity index (χ1n) is 4.64. The molecular weight excluding hydrogens is 220 g/mol. The third kappa shape index (κ3) is 4.32. The SMILES string of the molecule is CCC1CN=C(NCCS(C)(=O)=O)S1. The Morgan fingerprint density at radius 3 is 2.86 bits per heavy atom. The molecule has 0 spiro atoms. The van der Waals surface area contributed by atoms with E-state index in [1.54, 1.807) is 11.8 Å². The van der Waals surface area contributed by atoms with Crippen molar-refractivity contribution in [2.45, 2.75) is 18.6 Å². The second-order valence-corrected chi connectivity index (χ2v) is 6.90. The average Bonchev–Trinajstić information content (AvgIpc) is 2.50. The lowest BCUT2D eigenvalue weighted by Crippen LogP contribution is -2.26. The van der Waals surface area contributed by atoms with Crippen LogP contribution in [0, 0.1) is 0 Å². The molecule has 0 saturated carbocycles. The van der Waals surface area contributed by atoms with Crippen LogP contribution in [0.1, 0.15) is 13.3 Å². The molecule has 1 heterocycles. The maximum Gasteiger partial charge on any atom is 0.156 e. The zero-order valence-electron chi connectivity index (χ0n) is 8.49. The van der Waals surface area contributed by atoms with Crippen molar-refractivity contribution in [2.24, 2.45) is 4.99 Å². The molecule has 4 nitrogen and oxygen atoms in total. The van der Waals surface area contributed by atoms with Crippen molar-refractivity contribution in [2.75, 3.05) is 25.1 Å². The van der Waals surface area contributed by atoms with Crippen LogP contribution in [0.15, 0.2) is 4.99 Å². The second-order valence-electron chi connectivity index (χ2n) is 3.35. The van der Waals surface area contributed by atoms with E-state index in [0.717, 1.165) is 18.1 Å². The predicted molar refractivity (Wildman–Crippen MR) is 61.7 cm³/mol. The van der Waals surface area contributed by atoms with Crippen molar-refractivity contribution in [3.05, 3.63) is 0 Å². The first-order valence-corrected chi connectivity index (χ1v) is 7.58. The molecular formula is C8H16N2O2S2. The highest BCUT2D eigenvalue weighted by molar-refractivity contribution is 8.14. The number of amidine groups is 1. The molecule has 0 radical (unpaired) electrons. The van der Waals surface area contributed by atoms with Gasteiger partial charge in [0.1, 0.15) is 9.84 Å². The van der Waals surface area contributed by atoms with Crippen LogP contribution in [-0.4, -0.2) is 43.9 Å². The number of hydrogen-bond donors (Lipinski definition) is 1. The molecule has 0 aromatic heterocycles. The number of rotatable bonds is 4. The Hall–Kier alpha value is -0.230. The van der Waals surface area contributed by atoms with E-state index in [1.165, 1.54) is 6.26 Å². The number of thioether (sulfide) groups is 1. The van der Waals surface area contributed by atoms with Crippen LogP contribution in [0.3, 0.4) is 0 Å². The lowest BCUT2D eigenvalue weighted by molar-refractivity contribution is 0.600. The van der Waals surface area contributed by atoms with Gasteiger partial charge in [-0.05, 0) is 6.42 Å². The van der Waals surface area contributed by atoms with Crippen molar-refractivity contribution in [3.8, 4) is 0 Å². The summed E-state index contributed by atoms with van der Waals surface area (Å²) in [6.07, 6.45) is 2.35. The van der Waals surface area contributed by atoms with Gasteiger partial charge in [0.2, 0.25) is 0 Å². The minimum atomic E-state index is -2.86. The normalized spacial score (nSPS) is 22.1. The molecule has 0 fully saturated rings. The van der Waals surface area contributed by atoms with Crippen molar-refractivity contribution in [1.82, 2.24) is 5.32 Å². The highest BCUT2D eigenvalue weighted by atomic mass is 32.2. The molecule has 6 heteroatoms. The first kappa shape index (κ1) is 11.8. The molecule has 0 aliphatic carbocycles. The van der Waals surface area contributed by atoms with Crippen molar-refractivity contribution >= 4 is 26.8 Å². The van der Waals surface area contributed by atoms with Gasteiger partial charge in [0, 0.05) is 18.1 Å². The van der Waals surface area contributed by atoms with Crippen molar-refractivity contribution < 1.29 is 8.42 Å².